The maximum Gasteiger partial charge on any atom is 0.123 e. The second-order valence-electron chi connectivity index (χ2n) is 5.56. The summed E-state index contributed by atoms with van der Waals surface area (Å²) in [6.45, 7) is 0. The van der Waals surface area contributed by atoms with Crippen LogP contribution in [0.3, 0.4) is 0 Å². The molecule has 18 heavy (non-hydrogen) atoms. The molecule has 2 fully saturated rings. The summed E-state index contributed by atoms with van der Waals surface area (Å²) in [6.07, 6.45) is 7.48. The summed E-state index contributed by atoms with van der Waals surface area (Å²) in [5.74, 6) is 0.358. The highest BCUT2D eigenvalue weighted by molar-refractivity contribution is 5.23. The zero-order chi connectivity index (χ0) is 12.4. The first-order valence-electron chi connectivity index (χ1n) is 6.98. The van der Waals surface area contributed by atoms with Crippen LogP contribution < -0.4 is 5.48 Å². The van der Waals surface area contributed by atoms with Gasteiger partial charge in [-0.25, -0.2) is 4.39 Å². The molecule has 2 aliphatic rings. The van der Waals surface area contributed by atoms with Crippen LogP contribution in [0.4, 0.5) is 4.39 Å². The molecule has 2 saturated carbocycles. The maximum atomic E-state index is 13.1. The number of benzene rings is 1. The number of hydroxylamine groups is 1. The first kappa shape index (κ1) is 12.1. The summed E-state index contributed by atoms with van der Waals surface area (Å²) in [5.41, 5.74) is 4.30. The number of rotatable bonds is 4. The lowest BCUT2D eigenvalue weighted by Gasteiger charge is -2.36. The van der Waals surface area contributed by atoms with Crippen LogP contribution in [-0.4, -0.2) is 12.1 Å². The zero-order valence-electron chi connectivity index (χ0n) is 10.6. The third-order valence-corrected chi connectivity index (χ3v) is 4.16. The van der Waals surface area contributed by atoms with Crippen molar-refractivity contribution in [3.05, 3.63) is 35.6 Å². The van der Waals surface area contributed by atoms with Crippen molar-refractivity contribution in [1.82, 2.24) is 5.48 Å². The normalized spacial score (nSPS) is 28.3. The van der Waals surface area contributed by atoms with Crippen LogP contribution in [0.25, 0.3) is 0 Å². The van der Waals surface area contributed by atoms with Crippen LogP contribution >= 0.6 is 0 Å². The highest BCUT2D eigenvalue weighted by Gasteiger charge is 2.31. The summed E-state index contributed by atoms with van der Waals surface area (Å²) in [4.78, 5) is 5.69. The van der Waals surface area contributed by atoms with Crippen molar-refractivity contribution in [3.8, 4) is 0 Å². The first-order valence-corrected chi connectivity index (χ1v) is 6.98. The smallest absolute Gasteiger partial charge is 0.123 e. The van der Waals surface area contributed by atoms with Crippen molar-refractivity contribution < 1.29 is 9.23 Å². The highest BCUT2D eigenvalue weighted by Crippen LogP contribution is 2.37. The second kappa shape index (κ2) is 5.37. The van der Waals surface area contributed by atoms with Crippen molar-refractivity contribution >= 4 is 0 Å². The van der Waals surface area contributed by atoms with Gasteiger partial charge in [0.05, 0.1) is 6.10 Å². The topological polar surface area (TPSA) is 21.3 Å². The van der Waals surface area contributed by atoms with Crippen molar-refractivity contribution in [2.24, 2.45) is 0 Å². The van der Waals surface area contributed by atoms with Crippen LogP contribution in [-0.2, 0) is 4.84 Å². The quantitative estimate of drug-likeness (QED) is 0.824. The minimum atomic E-state index is -0.133. The number of halogens is 1. The average molecular weight is 249 g/mol. The minimum Gasteiger partial charge on any atom is -0.298 e. The largest absolute Gasteiger partial charge is 0.298 e. The van der Waals surface area contributed by atoms with Gasteiger partial charge in [-0.05, 0) is 49.3 Å². The van der Waals surface area contributed by atoms with E-state index in [9.17, 15) is 4.39 Å². The molecule has 0 aromatic heterocycles. The summed E-state index contributed by atoms with van der Waals surface area (Å²) >= 11 is 0. The second-order valence-corrected chi connectivity index (χ2v) is 5.56. The highest BCUT2D eigenvalue weighted by atomic mass is 19.1. The minimum absolute atomic E-state index is 0.133. The average Bonchev–Trinajstić information content (AvgIpc) is 2.80. The standard InChI is InChI=1S/C15H20FNO/c16-13-5-3-4-11(8-13)12-9-14(10-12)17-18-15-6-1-2-7-15/h3-5,8,12,14-15,17H,1-2,6-7,9-10H2. The van der Waals surface area contributed by atoms with Gasteiger partial charge in [0.2, 0.25) is 0 Å². The van der Waals surface area contributed by atoms with E-state index < -0.39 is 0 Å². The van der Waals surface area contributed by atoms with Crippen LogP contribution in [0, 0.1) is 5.82 Å². The molecule has 0 unspecified atom stereocenters. The summed E-state index contributed by atoms with van der Waals surface area (Å²) in [6, 6.07) is 7.40. The fourth-order valence-electron chi connectivity index (χ4n) is 2.95. The Kier molecular flexibility index (Phi) is 3.62. The first-order chi connectivity index (χ1) is 8.81. The van der Waals surface area contributed by atoms with Gasteiger partial charge in [-0.1, -0.05) is 25.0 Å². The molecule has 1 N–H and O–H groups in total. The number of hydrogen-bond donors (Lipinski definition) is 1. The number of hydrogen-bond acceptors (Lipinski definition) is 2. The Morgan fingerprint density at radius 1 is 1.17 bits per heavy atom. The van der Waals surface area contributed by atoms with Crippen LogP contribution in [0.1, 0.15) is 50.0 Å². The fourth-order valence-corrected chi connectivity index (χ4v) is 2.95. The van der Waals surface area contributed by atoms with E-state index in [-0.39, 0.29) is 5.82 Å². The molecule has 1 aromatic rings. The Balaban J connectivity index is 1.42. The van der Waals surface area contributed by atoms with Crippen molar-refractivity contribution in [1.29, 1.82) is 0 Å². The molecule has 0 aliphatic heterocycles. The molecule has 2 aliphatic carbocycles. The molecule has 1 aromatic carbocycles. The lowest BCUT2D eigenvalue weighted by atomic mass is 9.76. The fraction of sp³-hybridized carbons (Fsp3) is 0.600. The molecule has 0 atom stereocenters. The van der Waals surface area contributed by atoms with Crippen LogP contribution in [0.15, 0.2) is 24.3 Å². The van der Waals surface area contributed by atoms with E-state index in [1.54, 1.807) is 12.1 Å². The molecular weight excluding hydrogens is 229 g/mol. The SMILES string of the molecule is Fc1cccc(C2CC(NOC3CCCC3)C2)c1. The zero-order valence-corrected chi connectivity index (χ0v) is 10.6. The molecule has 0 heterocycles. The van der Waals surface area contributed by atoms with Gasteiger partial charge in [0.15, 0.2) is 0 Å². The van der Waals surface area contributed by atoms with Crippen molar-refractivity contribution in [2.75, 3.05) is 0 Å². The lowest BCUT2D eigenvalue weighted by Crippen LogP contribution is -2.41. The Hall–Kier alpha value is -0.930. The van der Waals surface area contributed by atoms with Gasteiger partial charge in [0.25, 0.3) is 0 Å². The predicted molar refractivity (Wildman–Crippen MR) is 68.6 cm³/mol. The molecule has 0 amide bonds. The third kappa shape index (κ3) is 2.73. The molecule has 0 bridgehead atoms. The Morgan fingerprint density at radius 2 is 1.94 bits per heavy atom. The summed E-state index contributed by atoms with van der Waals surface area (Å²) in [7, 11) is 0. The van der Waals surface area contributed by atoms with E-state index in [0.717, 1.165) is 18.4 Å². The van der Waals surface area contributed by atoms with Crippen molar-refractivity contribution in [3.63, 3.8) is 0 Å². The maximum absolute atomic E-state index is 13.1. The Morgan fingerprint density at radius 3 is 2.67 bits per heavy atom. The predicted octanol–water partition coefficient (Wildman–Crippen LogP) is 3.54. The molecule has 98 valence electrons. The summed E-state index contributed by atoms with van der Waals surface area (Å²) < 4.78 is 13.1. The van der Waals surface area contributed by atoms with Gasteiger partial charge >= 0.3 is 0 Å². The van der Waals surface area contributed by atoms with Gasteiger partial charge in [0.1, 0.15) is 5.82 Å². The van der Waals surface area contributed by atoms with Crippen LogP contribution in [0.2, 0.25) is 0 Å². The lowest BCUT2D eigenvalue weighted by molar-refractivity contribution is -0.0575. The van der Waals surface area contributed by atoms with Crippen molar-refractivity contribution in [2.45, 2.75) is 56.6 Å². The van der Waals surface area contributed by atoms with E-state index in [0.29, 0.717) is 18.1 Å². The van der Waals surface area contributed by atoms with Gasteiger partial charge in [-0.2, -0.15) is 5.48 Å². The van der Waals surface area contributed by atoms with E-state index in [1.165, 1.54) is 31.7 Å². The van der Waals surface area contributed by atoms with E-state index in [2.05, 4.69) is 5.48 Å². The van der Waals surface area contributed by atoms with Gasteiger partial charge in [0, 0.05) is 6.04 Å². The third-order valence-electron chi connectivity index (χ3n) is 4.16. The number of nitrogens with one attached hydrogen (secondary N) is 1. The van der Waals surface area contributed by atoms with Crippen LogP contribution in [0.5, 0.6) is 0 Å². The van der Waals surface area contributed by atoms with E-state index in [1.807, 2.05) is 6.07 Å². The monoisotopic (exact) mass is 249 g/mol. The molecule has 3 heteroatoms. The molecule has 0 saturated heterocycles. The molecule has 3 rings (SSSR count). The molecular formula is C15H20FNO. The molecule has 0 radical (unpaired) electrons. The van der Waals surface area contributed by atoms with E-state index in [4.69, 9.17) is 4.84 Å². The Bertz CT molecular complexity index is 397. The summed E-state index contributed by atoms with van der Waals surface area (Å²) in [5, 5.41) is 0. The van der Waals surface area contributed by atoms with E-state index >= 15 is 0 Å². The molecule has 0 spiro atoms. The Labute approximate surface area is 107 Å². The van der Waals surface area contributed by atoms with Gasteiger partial charge in [-0.15, -0.1) is 0 Å². The van der Waals surface area contributed by atoms with Gasteiger partial charge < -0.3 is 0 Å². The molecule has 2 nitrogen and oxygen atoms in total. The van der Waals surface area contributed by atoms with Gasteiger partial charge in [-0.3, -0.25) is 4.84 Å².